The molecule has 1 atom stereocenters. The van der Waals surface area contributed by atoms with E-state index < -0.39 is 23.7 Å². The van der Waals surface area contributed by atoms with Gasteiger partial charge in [-0.05, 0) is 48.4 Å². The third kappa shape index (κ3) is 8.74. The largest absolute Gasteiger partial charge is 0.458 e. The lowest BCUT2D eigenvalue weighted by molar-refractivity contribution is -0.157. The zero-order chi connectivity index (χ0) is 30.3. The number of aromatic nitrogens is 2. The maximum absolute atomic E-state index is 13.0. The average molecular weight is 566 g/mol. The zero-order valence-electron chi connectivity index (χ0n) is 25.2. The molecular weight excluding hydrogens is 526 g/mol. The van der Waals surface area contributed by atoms with Crippen LogP contribution in [0.5, 0.6) is 0 Å². The third-order valence-corrected chi connectivity index (χ3v) is 6.58. The third-order valence-electron chi connectivity index (χ3n) is 6.58. The fraction of sp³-hybridized carbons (Fsp3) is 0.314. The highest BCUT2D eigenvalue weighted by Crippen LogP contribution is 2.26. The molecule has 7 heteroatoms. The SMILES string of the molecule is CC(C)(C)OC(=O)C(Cc1ccc(-c2ncc(-c3ccc(C(C)(C)C)cc3)cn2)cc1)NC(=O)OCc1ccccc1. The van der Waals surface area contributed by atoms with Crippen LogP contribution in [0.25, 0.3) is 22.5 Å². The summed E-state index contributed by atoms with van der Waals surface area (Å²) in [7, 11) is 0. The molecule has 4 rings (SSSR count). The number of carbonyl (C=O) groups excluding carboxylic acids is 2. The molecule has 0 aliphatic rings. The quantitative estimate of drug-likeness (QED) is 0.226. The summed E-state index contributed by atoms with van der Waals surface area (Å²) < 4.78 is 10.9. The van der Waals surface area contributed by atoms with Crippen LogP contribution in [0.1, 0.15) is 58.2 Å². The molecule has 0 fully saturated rings. The van der Waals surface area contributed by atoms with Gasteiger partial charge in [-0.15, -0.1) is 0 Å². The fourth-order valence-corrected chi connectivity index (χ4v) is 4.29. The van der Waals surface area contributed by atoms with Crippen LogP contribution in [-0.2, 0) is 32.7 Å². The normalized spacial score (nSPS) is 12.3. The van der Waals surface area contributed by atoms with Crippen molar-refractivity contribution in [2.24, 2.45) is 0 Å². The molecule has 0 saturated carbocycles. The number of hydrogen-bond donors (Lipinski definition) is 1. The molecular formula is C35H39N3O4. The van der Waals surface area contributed by atoms with Crippen LogP contribution in [0, 0.1) is 0 Å². The Labute approximate surface area is 248 Å². The number of nitrogens with zero attached hydrogens (tertiary/aromatic N) is 2. The number of rotatable bonds is 8. The lowest BCUT2D eigenvalue weighted by Crippen LogP contribution is -2.45. The zero-order valence-corrected chi connectivity index (χ0v) is 25.2. The van der Waals surface area contributed by atoms with E-state index in [4.69, 9.17) is 9.47 Å². The van der Waals surface area contributed by atoms with Crippen LogP contribution < -0.4 is 5.32 Å². The molecule has 1 unspecified atom stereocenters. The van der Waals surface area contributed by atoms with E-state index in [0.29, 0.717) is 5.82 Å². The van der Waals surface area contributed by atoms with Crippen molar-refractivity contribution >= 4 is 12.1 Å². The van der Waals surface area contributed by atoms with E-state index in [1.807, 2.05) is 67.0 Å². The minimum Gasteiger partial charge on any atom is -0.458 e. The van der Waals surface area contributed by atoms with Gasteiger partial charge < -0.3 is 14.8 Å². The predicted octanol–water partition coefficient (Wildman–Crippen LogP) is 7.29. The van der Waals surface area contributed by atoms with Crippen molar-refractivity contribution in [1.82, 2.24) is 15.3 Å². The second-order valence-electron chi connectivity index (χ2n) is 12.3. The first kappa shape index (κ1) is 30.4. The van der Waals surface area contributed by atoms with Crippen LogP contribution in [-0.4, -0.2) is 33.7 Å². The Morgan fingerprint density at radius 2 is 1.33 bits per heavy atom. The summed E-state index contributed by atoms with van der Waals surface area (Å²) in [6, 6.07) is 24.5. The summed E-state index contributed by atoms with van der Waals surface area (Å²) in [5.41, 5.74) is 5.22. The molecule has 7 nitrogen and oxygen atoms in total. The van der Waals surface area contributed by atoms with Crippen molar-refractivity contribution in [3.63, 3.8) is 0 Å². The number of alkyl carbamates (subject to hydrolysis) is 1. The van der Waals surface area contributed by atoms with Gasteiger partial charge in [0.05, 0.1) is 0 Å². The maximum atomic E-state index is 13.0. The standard InChI is InChI=1S/C35H39N3O4/c1-34(2,3)29-18-16-26(17-19-29)28-21-36-31(37-22-28)27-14-12-24(13-15-27)20-30(32(39)42-35(4,5)6)38-33(40)41-23-25-10-8-7-9-11-25/h7-19,21-22,30H,20,23H2,1-6H3,(H,38,40). The topological polar surface area (TPSA) is 90.4 Å². The highest BCUT2D eigenvalue weighted by atomic mass is 16.6. The van der Waals surface area contributed by atoms with E-state index in [2.05, 4.69) is 60.3 Å². The molecule has 218 valence electrons. The number of hydrogen-bond acceptors (Lipinski definition) is 6. The van der Waals surface area contributed by atoms with Crippen molar-refractivity contribution in [1.29, 1.82) is 0 Å². The minimum absolute atomic E-state index is 0.0969. The number of benzene rings is 3. The van der Waals surface area contributed by atoms with Gasteiger partial charge in [0.15, 0.2) is 5.82 Å². The molecule has 0 aliphatic heterocycles. The van der Waals surface area contributed by atoms with Crippen LogP contribution in [0.4, 0.5) is 4.79 Å². The van der Waals surface area contributed by atoms with E-state index >= 15 is 0 Å². The molecule has 1 aromatic heterocycles. The van der Waals surface area contributed by atoms with E-state index in [1.54, 1.807) is 20.8 Å². The van der Waals surface area contributed by atoms with Crippen LogP contribution >= 0.6 is 0 Å². The van der Waals surface area contributed by atoms with Crippen molar-refractivity contribution in [2.75, 3.05) is 0 Å². The van der Waals surface area contributed by atoms with Gasteiger partial charge in [-0.1, -0.05) is 99.6 Å². The Morgan fingerprint density at radius 3 is 1.90 bits per heavy atom. The van der Waals surface area contributed by atoms with E-state index in [-0.39, 0.29) is 18.4 Å². The number of carbonyl (C=O) groups is 2. The molecule has 0 saturated heterocycles. The lowest BCUT2D eigenvalue weighted by Gasteiger charge is -2.24. The van der Waals surface area contributed by atoms with Gasteiger partial charge in [0.2, 0.25) is 0 Å². The summed E-state index contributed by atoms with van der Waals surface area (Å²) in [5, 5.41) is 2.68. The summed E-state index contributed by atoms with van der Waals surface area (Å²) in [5.74, 6) is 0.0700. The molecule has 0 aliphatic carbocycles. The van der Waals surface area contributed by atoms with Crippen LogP contribution in [0.3, 0.4) is 0 Å². The summed E-state index contributed by atoms with van der Waals surface area (Å²) in [6.07, 6.45) is 3.20. The second kappa shape index (κ2) is 13.0. The Morgan fingerprint density at radius 1 is 0.738 bits per heavy atom. The first-order valence-corrected chi connectivity index (χ1v) is 14.1. The summed E-state index contributed by atoms with van der Waals surface area (Å²) in [4.78, 5) is 34.7. The average Bonchev–Trinajstić information content (AvgIpc) is 2.95. The van der Waals surface area contributed by atoms with Gasteiger partial charge in [-0.25, -0.2) is 19.6 Å². The maximum Gasteiger partial charge on any atom is 0.408 e. The van der Waals surface area contributed by atoms with Crippen molar-refractivity contribution in [3.8, 4) is 22.5 Å². The fourth-order valence-electron chi connectivity index (χ4n) is 4.29. The molecule has 4 aromatic rings. The first-order valence-electron chi connectivity index (χ1n) is 14.1. The Hall–Kier alpha value is -4.52. The van der Waals surface area contributed by atoms with E-state index in [0.717, 1.165) is 27.8 Å². The van der Waals surface area contributed by atoms with Gasteiger partial charge in [-0.3, -0.25) is 0 Å². The van der Waals surface area contributed by atoms with Gasteiger partial charge in [0.1, 0.15) is 18.2 Å². The number of amides is 1. The first-order chi connectivity index (χ1) is 19.9. The highest BCUT2D eigenvalue weighted by molar-refractivity contribution is 5.82. The smallest absolute Gasteiger partial charge is 0.408 e. The Balaban J connectivity index is 1.42. The molecule has 0 radical (unpaired) electrons. The molecule has 1 amide bonds. The van der Waals surface area contributed by atoms with Gasteiger partial charge in [0, 0.05) is 29.9 Å². The summed E-state index contributed by atoms with van der Waals surface area (Å²) in [6.45, 7) is 12.1. The number of nitrogens with one attached hydrogen (secondary N) is 1. The predicted molar refractivity (Wildman–Crippen MR) is 165 cm³/mol. The van der Waals surface area contributed by atoms with Crippen molar-refractivity contribution in [3.05, 3.63) is 108 Å². The molecule has 0 spiro atoms. The lowest BCUT2D eigenvalue weighted by atomic mass is 9.86. The summed E-state index contributed by atoms with van der Waals surface area (Å²) >= 11 is 0. The number of esters is 1. The van der Waals surface area contributed by atoms with E-state index in [1.165, 1.54) is 5.56 Å². The van der Waals surface area contributed by atoms with Gasteiger partial charge in [0.25, 0.3) is 0 Å². The van der Waals surface area contributed by atoms with Crippen LogP contribution in [0.2, 0.25) is 0 Å². The monoisotopic (exact) mass is 565 g/mol. The van der Waals surface area contributed by atoms with Gasteiger partial charge in [-0.2, -0.15) is 0 Å². The molecule has 1 heterocycles. The molecule has 42 heavy (non-hydrogen) atoms. The minimum atomic E-state index is -0.918. The Bertz CT molecular complexity index is 1470. The van der Waals surface area contributed by atoms with Crippen molar-refractivity contribution in [2.45, 2.75) is 71.6 Å². The molecule has 3 aromatic carbocycles. The Kier molecular flexibility index (Phi) is 9.41. The van der Waals surface area contributed by atoms with E-state index in [9.17, 15) is 9.59 Å². The highest BCUT2D eigenvalue weighted by Gasteiger charge is 2.27. The second-order valence-corrected chi connectivity index (χ2v) is 12.3. The van der Waals surface area contributed by atoms with Crippen molar-refractivity contribution < 1.29 is 19.1 Å². The van der Waals surface area contributed by atoms with Crippen LogP contribution in [0.15, 0.2) is 91.3 Å². The number of ether oxygens (including phenoxy) is 2. The molecule has 1 N–H and O–H groups in total. The molecule has 0 bridgehead atoms. The van der Waals surface area contributed by atoms with Gasteiger partial charge >= 0.3 is 12.1 Å².